The van der Waals surface area contributed by atoms with Gasteiger partial charge in [0.25, 0.3) is 0 Å². The van der Waals surface area contributed by atoms with Gasteiger partial charge in [0.15, 0.2) is 0 Å². The first-order chi connectivity index (χ1) is 16.4. The summed E-state index contributed by atoms with van der Waals surface area (Å²) in [5.74, 6) is 0.299. The van der Waals surface area contributed by atoms with Gasteiger partial charge >= 0.3 is 6.36 Å². The summed E-state index contributed by atoms with van der Waals surface area (Å²) in [4.78, 5) is 14.2. The molecule has 5 rings (SSSR count). The highest BCUT2D eigenvalue weighted by molar-refractivity contribution is 5.55. The van der Waals surface area contributed by atoms with E-state index in [1.807, 2.05) is 18.2 Å². The molecule has 4 aromatic rings. The van der Waals surface area contributed by atoms with E-state index in [-0.39, 0.29) is 17.6 Å². The molecule has 1 aliphatic heterocycles. The molecule has 2 aromatic carbocycles. The molecule has 2 aromatic heterocycles. The predicted octanol–water partition coefficient (Wildman–Crippen LogP) is 4.53. The molecule has 1 atom stereocenters. The lowest BCUT2D eigenvalue weighted by Crippen LogP contribution is -2.34. The van der Waals surface area contributed by atoms with Crippen molar-refractivity contribution in [1.29, 1.82) is 5.26 Å². The van der Waals surface area contributed by atoms with E-state index in [1.54, 1.807) is 12.4 Å². The van der Waals surface area contributed by atoms with Crippen molar-refractivity contribution in [3.05, 3.63) is 83.3 Å². The number of ether oxygens (including phenoxy) is 1. The van der Waals surface area contributed by atoms with E-state index in [2.05, 4.69) is 35.8 Å². The highest BCUT2D eigenvalue weighted by atomic mass is 19.4. The number of fused-ring (bicyclic) bond motifs is 1. The first-order valence-electron chi connectivity index (χ1n) is 10.3. The van der Waals surface area contributed by atoms with Crippen molar-refractivity contribution in [3.8, 4) is 23.2 Å². The Labute approximate surface area is 191 Å². The van der Waals surface area contributed by atoms with Crippen LogP contribution in [0.3, 0.4) is 0 Å². The van der Waals surface area contributed by atoms with Gasteiger partial charge in [-0.25, -0.2) is 4.98 Å². The maximum absolute atomic E-state index is 12.4. The lowest BCUT2D eigenvalue weighted by Gasteiger charge is -2.32. The standard InChI is InChI=1S/C23H17F3N6O2/c24-23(25,26)33-17-6-4-16(5-7-17)21-30-22(34-31-21)20-9-18-19(29-13-28-18)12-32(20)11-15-3-1-2-14(8-15)10-27/h1-8,13,20H,9,11-12H2,(H,28,29)/t20-/m0/s1. The van der Waals surface area contributed by atoms with Crippen LogP contribution in [0.2, 0.25) is 0 Å². The van der Waals surface area contributed by atoms with Crippen LogP contribution >= 0.6 is 0 Å². The van der Waals surface area contributed by atoms with Crippen molar-refractivity contribution in [2.75, 3.05) is 0 Å². The van der Waals surface area contributed by atoms with E-state index in [0.29, 0.717) is 36.5 Å². The minimum Gasteiger partial charge on any atom is -0.406 e. The monoisotopic (exact) mass is 466 g/mol. The number of rotatable bonds is 5. The summed E-state index contributed by atoms with van der Waals surface area (Å²) in [6, 6.07) is 14.5. The average molecular weight is 466 g/mol. The molecule has 0 saturated carbocycles. The number of imidazole rings is 1. The molecule has 0 fully saturated rings. The van der Waals surface area contributed by atoms with Crippen LogP contribution in [0, 0.1) is 11.3 Å². The maximum Gasteiger partial charge on any atom is 0.573 e. The fourth-order valence-corrected chi connectivity index (χ4v) is 3.96. The van der Waals surface area contributed by atoms with Crippen molar-refractivity contribution >= 4 is 0 Å². The van der Waals surface area contributed by atoms with Gasteiger partial charge in [0.2, 0.25) is 11.7 Å². The highest BCUT2D eigenvalue weighted by Gasteiger charge is 2.34. The van der Waals surface area contributed by atoms with E-state index in [1.165, 1.54) is 24.3 Å². The van der Waals surface area contributed by atoms with Gasteiger partial charge in [-0.1, -0.05) is 17.3 Å². The second-order valence-corrected chi connectivity index (χ2v) is 7.79. The highest BCUT2D eigenvalue weighted by Crippen LogP contribution is 2.34. The first-order valence-corrected chi connectivity index (χ1v) is 10.3. The molecule has 0 bridgehead atoms. The van der Waals surface area contributed by atoms with Gasteiger partial charge in [-0.15, -0.1) is 13.2 Å². The van der Waals surface area contributed by atoms with Crippen LogP contribution in [-0.2, 0) is 19.5 Å². The third-order valence-corrected chi connectivity index (χ3v) is 5.51. The van der Waals surface area contributed by atoms with Crippen molar-refractivity contribution in [1.82, 2.24) is 25.0 Å². The quantitative estimate of drug-likeness (QED) is 0.461. The minimum atomic E-state index is -4.76. The summed E-state index contributed by atoms with van der Waals surface area (Å²) >= 11 is 0. The van der Waals surface area contributed by atoms with Crippen LogP contribution in [0.4, 0.5) is 13.2 Å². The summed E-state index contributed by atoms with van der Waals surface area (Å²) in [6.07, 6.45) is -2.58. The Balaban J connectivity index is 1.40. The lowest BCUT2D eigenvalue weighted by molar-refractivity contribution is -0.274. The molecule has 1 aliphatic rings. The van der Waals surface area contributed by atoms with Crippen molar-refractivity contribution in [2.45, 2.75) is 31.9 Å². The normalized spacial score (nSPS) is 16.1. The zero-order valence-electron chi connectivity index (χ0n) is 17.6. The van der Waals surface area contributed by atoms with Gasteiger partial charge in [-0.05, 0) is 42.0 Å². The topological polar surface area (TPSA) is 104 Å². The molecule has 34 heavy (non-hydrogen) atoms. The number of halogens is 3. The number of H-pyrrole nitrogens is 1. The molecule has 1 N–H and O–H groups in total. The van der Waals surface area contributed by atoms with Gasteiger partial charge in [-0.3, -0.25) is 4.90 Å². The fraction of sp³-hybridized carbons (Fsp3) is 0.217. The number of hydrogen-bond donors (Lipinski definition) is 1. The van der Waals surface area contributed by atoms with Gasteiger partial charge < -0.3 is 14.2 Å². The molecule has 3 heterocycles. The van der Waals surface area contributed by atoms with Crippen LogP contribution in [0.1, 0.15) is 34.4 Å². The van der Waals surface area contributed by atoms with Crippen LogP contribution in [0.5, 0.6) is 5.75 Å². The molecule has 0 aliphatic carbocycles. The Morgan fingerprint density at radius 2 is 2.03 bits per heavy atom. The van der Waals surface area contributed by atoms with E-state index in [4.69, 9.17) is 4.52 Å². The van der Waals surface area contributed by atoms with E-state index in [9.17, 15) is 18.4 Å². The Bertz CT molecular complexity index is 1340. The molecule has 0 unspecified atom stereocenters. The number of benzene rings is 2. The average Bonchev–Trinajstić information content (AvgIpc) is 3.47. The maximum atomic E-state index is 12.4. The molecular weight excluding hydrogens is 449 g/mol. The fourth-order valence-electron chi connectivity index (χ4n) is 3.96. The summed E-state index contributed by atoms with van der Waals surface area (Å²) in [5.41, 5.74) is 3.93. The summed E-state index contributed by atoms with van der Waals surface area (Å²) in [7, 11) is 0. The summed E-state index contributed by atoms with van der Waals surface area (Å²) in [6.45, 7) is 1.11. The zero-order valence-corrected chi connectivity index (χ0v) is 17.6. The number of nitrogens with zero attached hydrogens (tertiary/aromatic N) is 5. The van der Waals surface area contributed by atoms with Gasteiger partial charge in [0.1, 0.15) is 5.75 Å². The molecular formula is C23H17F3N6O2. The number of hydrogen-bond acceptors (Lipinski definition) is 7. The van der Waals surface area contributed by atoms with Crippen LogP contribution in [-0.4, -0.2) is 31.4 Å². The van der Waals surface area contributed by atoms with Crippen molar-refractivity contribution < 1.29 is 22.4 Å². The van der Waals surface area contributed by atoms with Crippen LogP contribution in [0.15, 0.2) is 59.4 Å². The molecule has 11 heteroatoms. The smallest absolute Gasteiger partial charge is 0.406 e. The third-order valence-electron chi connectivity index (χ3n) is 5.51. The molecule has 8 nitrogen and oxygen atoms in total. The van der Waals surface area contributed by atoms with E-state index >= 15 is 0 Å². The molecule has 0 radical (unpaired) electrons. The predicted molar refractivity (Wildman–Crippen MR) is 112 cm³/mol. The Morgan fingerprint density at radius 3 is 2.79 bits per heavy atom. The molecule has 172 valence electrons. The number of alkyl halides is 3. The van der Waals surface area contributed by atoms with Crippen molar-refractivity contribution in [2.24, 2.45) is 0 Å². The summed E-state index contributed by atoms with van der Waals surface area (Å²) in [5, 5.41) is 13.2. The van der Waals surface area contributed by atoms with Gasteiger partial charge in [0.05, 0.1) is 35.4 Å². The first kappa shape index (κ1) is 21.7. The molecule has 0 spiro atoms. The van der Waals surface area contributed by atoms with E-state index < -0.39 is 6.36 Å². The number of aromatic nitrogens is 4. The minimum absolute atomic E-state index is 0.257. The van der Waals surface area contributed by atoms with Gasteiger partial charge in [0, 0.05) is 25.1 Å². The second-order valence-electron chi connectivity index (χ2n) is 7.79. The van der Waals surface area contributed by atoms with E-state index in [0.717, 1.165) is 17.0 Å². The van der Waals surface area contributed by atoms with Crippen LogP contribution in [0.25, 0.3) is 11.4 Å². The lowest BCUT2D eigenvalue weighted by atomic mass is 10.0. The number of nitriles is 1. The SMILES string of the molecule is N#Cc1cccc(CN2Cc3[nH]cnc3C[C@H]2c2nc(-c3ccc(OC(F)(F)F)cc3)no2)c1. The zero-order chi connectivity index (χ0) is 23.7. The van der Waals surface area contributed by atoms with Gasteiger partial charge in [-0.2, -0.15) is 10.2 Å². The second kappa shape index (κ2) is 8.64. The van der Waals surface area contributed by atoms with Crippen LogP contribution < -0.4 is 4.74 Å². The number of nitrogens with one attached hydrogen (secondary N) is 1. The third kappa shape index (κ3) is 4.62. The molecule has 0 amide bonds. The number of aromatic amines is 1. The molecule has 0 saturated heterocycles. The van der Waals surface area contributed by atoms with Crippen molar-refractivity contribution in [3.63, 3.8) is 0 Å². The summed E-state index contributed by atoms with van der Waals surface area (Å²) < 4.78 is 46.7. The Hall–Kier alpha value is -4.17. The largest absolute Gasteiger partial charge is 0.573 e. The Kier molecular flexibility index (Phi) is 5.51. The Morgan fingerprint density at radius 1 is 1.21 bits per heavy atom.